The summed E-state index contributed by atoms with van der Waals surface area (Å²) in [5, 5.41) is 15.1. The van der Waals surface area contributed by atoms with Gasteiger partial charge in [-0.25, -0.2) is 4.79 Å². The molecule has 1 aromatic carbocycles. The maximum Gasteiger partial charge on any atom is 0.413 e. The second-order valence-corrected chi connectivity index (χ2v) is 9.07. The second-order valence-electron chi connectivity index (χ2n) is 9.07. The van der Waals surface area contributed by atoms with Crippen molar-refractivity contribution in [1.82, 2.24) is 10.2 Å². The van der Waals surface area contributed by atoms with Gasteiger partial charge in [0, 0.05) is 23.9 Å². The van der Waals surface area contributed by atoms with Crippen LogP contribution in [0, 0.1) is 0 Å². The molecule has 0 unspecified atom stereocenters. The van der Waals surface area contributed by atoms with Gasteiger partial charge in [-0.2, -0.15) is 0 Å². The Labute approximate surface area is 155 Å². The topological polar surface area (TPSA) is 71.0 Å². The van der Waals surface area contributed by atoms with Gasteiger partial charge in [-0.05, 0) is 52.3 Å². The average molecular weight is 362 g/mol. The minimum atomic E-state index is -1.41. The highest BCUT2D eigenvalue weighted by molar-refractivity contribution is 5.72. The van der Waals surface area contributed by atoms with Crippen LogP contribution in [0.2, 0.25) is 0 Å². The smallest absolute Gasteiger partial charge is 0.413 e. The number of rotatable bonds is 3. The summed E-state index contributed by atoms with van der Waals surface area (Å²) in [5.41, 5.74) is -2.02. The normalized spacial score (nSPS) is 28.9. The highest BCUT2D eigenvalue weighted by atomic mass is 16.6. The van der Waals surface area contributed by atoms with Gasteiger partial charge < -0.3 is 19.9 Å². The van der Waals surface area contributed by atoms with E-state index in [1.165, 1.54) is 4.90 Å². The quantitative estimate of drug-likeness (QED) is 0.865. The number of nitrogens with one attached hydrogen (secondary N) is 1. The van der Waals surface area contributed by atoms with Crippen LogP contribution in [0.4, 0.5) is 4.79 Å². The van der Waals surface area contributed by atoms with E-state index in [9.17, 15) is 9.90 Å². The van der Waals surface area contributed by atoms with Gasteiger partial charge in [0.1, 0.15) is 5.75 Å². The molecule has 1 atom stereocenters. The molecule has 0 aliphatic carbocycles. The zero-order valence-corrected chi connectivity index (χ0v) is 16.5. The summed E-state index contributed by atoms with van der Waals surface area (Å²) in [6.07, 6.45) is 0.597. The van der Waals surface area contributed by atoms with Gasteiger partial charge in [0.15, 0.2) is 11.3 Å². The number of carbonyl (C=O) groups excluding carboxylic acids is 1. The molecule has 0 bridgehead atoms. The largest absolute Gasteiger partial charge is 0.497 e. The summed E-state index contributed by atoms with van der Waals surface area (Å²) in [5.74, 6) is 0.716. The molecule has 1 spiro atoms. The van der Waals surface area contributed by atoms with Crippen molar-refractivity contribution in [3.05, 3.63) is 29.8 Å². The standard InChI is InChI=1S/C20H30N2O4/c1-17(2)12-20(13-18(3,4)21-17)19(5,24)22(16(23)26-20)11-14-8-7-9-15(10-14)25-6/h7-10,21,24H,11-13H2,1-6H3/t19-/m1/s1. The lowest BCUT2D eigenvalue weighted by Crippen LogP contribution is -2.70. The average Bonchev–Trinajstić information content (AvgIpc) is 2.64. The van der Waals surface area contributed by atoms with Crippen LogP contribution in [0.1, 0.15) is 53.0 Å². The highest BCUT2D eigenvalue weighted by Gasteiger charge is 2.66. The van der Waals surface area contributed by atoms with Crippen LogP contribution in [-0.2, 0) is 11.3 Å². The lowest BCUT2D eigenvalue weighted by molar-refractivity contribution is -0.182. The van der Waals surface area contributed by atoms with Crippen molar-refractivity contribution >= 4 is 6.09 Å². The number of nitrogens with zero attached hydrogens (tertiary/aromatic N) is 1. The van der Waals surface area contributed by atoms with Crippen molar-refractivity contribution in [3.8, 4) is 5.75 Å². The van der Waals surface area contributed by atoms with Crippen molar-refractivity contribution < 1.29 is 19.4 Å². The molecule has 3 rings (SSSR count). The van der Waals surface area contributed by atoms with Gasteiger partial charge in [0.05, 0.1) is 13.7 Å². The van der Waals surface area contributed by atoms with Crippen molar-refractivity contribution in [1.29, 1.82) is 0 Å². The fourth-order valence-corrected chi connectivity index (χ4v) is 4.82. The number of aliphatic hydroxyl groups is 1. The Bertz CT molecular complexity index is 696. The fourth-order valence-electron chi connectivity index (χ4n) is 4.82. The Morgan fingerprint density at radius 1 is 1.19 bits per heavy atom. The number of amides is 1. The van der Waals surface area contributed by atoms with Gasteiger partial charge in [-0.3, -0.25) is 4.90 Å². The van der Waals surface area contributed by atoms with Crippen LogP contribution in [-0.4, -0.2) is 45.6 Å². The van der Waals surface area contributed by atoms with E-state index in [0.29, 0.717) is 18.6 Å². The molecular formula is C20H30N2O4. The zero-order chi connectivity index (χ0) is 19.4. The van der Waals surface area contributed by atoms with Gasteiger partial charge in [0.25, 0.3) is 0 Å². The first-order chi connectivity index (χ1) is 11.9. The third kappa shape index (κ3) is 3.16. The summed E-state index contributed by atoms with van der Waals surface area (Å²) >= 11 is 0. The van der Waals surface area contributed by atoms with E-state index >= 15 is 0 Å². The van der Waals surface area contributed by atoms with Crippen LogP contribution < -0.4 is 10.1 Å². The Balaban J connectivity index is 1.93. The molecule has 0 aromatic heterocycles. The zero-order valence-electron chi connectivity index (χ0n) is 16.5. The van der Waals surface area contributed by atoms with Gasteiger partial charge in [-0.15, -0.1) is 0 Å². The monoisotopic (exact) mass is 362 g/mol. The third-order valence-corrected chi connectivity index (χ3v) is 5.50. The molecule has 6 heteroatoms. The number of carbonyl (C=O) groups is 1. The Hall–Kier alpha value is -1.79. The molecular weight excluding hydrogens is 332 g/mol. The van der Waals surface area contributed by atoms with E-state index < -0.39 is 17.4 Å². The third-order valence-electron chi connectivity index (χ3n) is 5.50. The summed E-state index contributed by atoms with van der Waals surface area (Å²) in [7, 11) is 1.60. The van der Waals surface area contributed by atoms with Crippen molar-refractivity contribution in [3.63, 3.8) is 0 Å². The van der Waals surface area contributed by atoms with Crippen molar-refractivity contribution in [2.45, 2.75) is 76.4 Å². The Morgan fingerprint density at radius 3 is 2.38 bits per heavy atom. The first-order valence-electron chi connectivity index (χ1n) is 9.05. The SMILES string of the molecule is COc1cccc(CN2C(=O)OC3(CC(C)(C)NC(C)(C)C3)[C@@]2(C)O)c1. The number of ether oxygens (including phenoxy) is 2. The van der Waals surface area contributed by atoms with E-state index in [1.807, 2.05) is 24.3 Å². The minimum Gasteiger partial charge on any atom is -0.497 e. The van der Waals surface area contributed by atoms with Crippen molar-refractivity contribution in [2.75, 3.05) is 7.11 Å². The molecule has 2 fully saturated rings. The molecule has 2 saturated heterocycles. The number of benzene rings is 1. The highest BCUT2D eigenvalue weighted by Crippen LogP contribution is 2.50. The number of methoxy groups -OCH3 is 1. The van der Waals surface area contributed by atoms with Crippen LogP contribution in [0.15, 0.2) is 24.3 Å². The maximum absolute atomic E-state index is 12.7. The first kappa shape index (κ1) is 19.0. The van der Waals surface area contributed by atoms with Crippen molar-refractivity contribution in [2.24, 2.45) is 0 Å². The Kier molecular flexibility index (Phi) is 4.28. The van der Waals surface area contributed by atoms with Gasteiger partial charge in [0.2, 0.25) is 0 Å². The number of piperidine rings is 1. The molecule has 0 saturated carbocycles. The molecule has 1 amide bonds. The van der Waals surface area contributed by atoms with Crippen LogP contribution >= 0.6 is 0 Å². The van der Waals surface area contributed by atoms with Crippen LogP contribution in [0.5, 0.6) is 5.75 Å². The van der Waals surface area contributed by atoms with E-state index in [1.54, 1.807) is 14.0 Å². The summed E-state index contributed by atoms with van der Waals surface area (Å²) < 4.78 is 11.1. The molecule has 2 aliphatic heterocycles. The van der Waals surface area contributed by atoms with E-state index in [-0.39, 0.29) is 17.6 Å². The van der Waals surface area contributed by atoms with Crippen LogP contribution in [0.3, 0.4) is 0 Å². The predicted octanol–water partition coefficient (Wildman–Crippen LogP) is 3.04. The maximum atomic E-state index is 12.7. The first-order valence-corrected chi connectivity index (χ1v) is 9.05. The van der Waals surface area contributed by atoms with Gasteiger partial charge >= 0.3 is 6.09 Å². The summed E-state index contributed by atoms with van der Waals surface area (Å²) in [6.45, 7) is 10.2. The minimum absolute atomic E-state index is 0.263. The molecule has 26 heavy (non-hydrogen) atoms. The fraction of sp³-hybridized carbons (Fsp3) is 0.650. The molecule has 1 aromatic rings. The molecule has 2 heterocycles. The summed E-state index contributed by atoms with van der Waals surface area (Å²) in [4.78, 5) is 14.2. The molecule has 0 radical (unpaired) electrons. The lowest BCUT2D eigenvalue weighted by atomic mass is 9.68. The summed E-state index contributed by atoms with van der Waals surface area (Å²) in [6, 6.07) is 7.50. The number of hydrogen-bond donors (Lipinski definition) is 2. The lowest BCUT2D eigenvalue weighted by Gasteiger charge is -2.54. The Morgan fingerprint density at radius 2 is 1.81 bits per heavy atom. The molecule has 6 nitrogen and oxygen atoms in total. The van der Waals surface area contributed by atoms with E-state index in [2.05, 4.69) is 33.0 Å². The predicted molar refractivity (Wildman–Crippen MR) is 98.9 cm³/mol. The number of hydrogen-bond acceptors (Lipinski definition) is 5. The molecule has 144 valence electrons. The molecule has 2 aliphatic rings. The van der Waals surface area contributed by atoms with Gasteiger partial charge in [-0.1, -0.05) is 12.1 Å². The van der Waals surface area contributed by atoms with E-state index in [4.69, 9.17) is 9.47 Å². The van der Waals surface area contributed by atoms with E-state index in [0.717, 1.165) is 5.56 Å². The van der Waals surface area contributed by atoms with Crippen LogP contribution in [0.25, 0.3) is 0 Å². The second kappa shape index (κ2) is 5.86. The molecule has 2 N–H and O–H groups in total.